The van der Waals surface area contributed by atoms with E-state index < -0.39 is 11.7 Å². The number of ether oxygens (including phenoxy) is 1. The molecule has 0 heterocycles. The van der Waals surface area contributed by atoms with Crippen molar-refractivity contribution in [2.45, 2.75) is 32.4 Å². The third kappa shape index (κ3) is 2.54. The van der Waals surface area contributed by atoms with E-state index in [1.54, 1.807) is 19.2 Å². The Kier molecular flexibility index (Phi) is 3.97. The number of halogens is 2. The van der Waals surface area contributed by atoms with E-state index in [2.05, 4.69) is 21.2 Å². The number of nitrogens with one attached hydrogen (secondary N) is 1. The van der Waals surface area contributed by atoms with Crippen LogP contribution in [0.25, 0.3) is 0 Å². The molecule has 0 bridgehead atoms. The van der Waals surface area contributed by atoms with E-state index in [9.17, 15) is 9.18 Å². The number of carbonyl (C=O) groups excluding carboxylic acids is 1. The molecule has 104 valence electrons. The first-order valence-electron chi connectivity index (χ1n) is 6.15. The van der Waals surface area contributed by atoms with Crippen LogP contribution >= 0.6 is 15.9 Å². The van der Waals surface area contributed by atoms with Gasteiger partial charge < -0.3 is 10.1 Å². The maximum absolute atomic E-state index is 13.7. The highest BCUT2D eigenvalue weighted by atomic mass is 79.9. The summed E-state index contributed by atoms with van der Waals surface area (Å²) < 4.78 is 19.5. The average molecular weight is 330 g/mol. The van der Waals surface area contributed by atoms with Crippen LogP contribution in [0.3, 0.4) is 0 Å². The zero-order valence-corrected chi connectivity index (χ0v) is 12.8. The Bertz CT molecular complexity index is 484. The smallest absolute Gasteiger partial charge is 0.255 e. The van der Waals surface area contributed by atoms with E-state index in [1.165, 1.54) is 6.07 Å². The molecule has 0 spiro atoms. The van der Waals surface area contributed by atoms with Gasteiger partial charge in [0.15, 0.2) is 0 Å². The van der Waals surface area contributed by atoms with Gasteiger partial charge in [-0.15, -0.1) is 0 Å². The molecule has 1 saturated carbocycles. The first-order valence-corrected chi connectivity index (χ1v) is 6.95. The Morgan fingerprint density at radius 2 is 2.21 bits per heavy atom. The molecule has 3 nitrogen and oxygen atoms in total. The molecule has 1 aliphatic rings. The van der Waals surface area contributed by atoms with Crippen molar-refractivity contribution in [2.75, 3.05) is 7.11 Å². The Morgan fingerprint density at radius 1 is 1.53 bits per heavy atom. The second kappa shape index (κ2) is 5.21. The molecule has 1 aromatic rings. The van der Waals surface area contributed by atoms with Crippen LogP contribution in [0.5, 0.6) is 0 Å². The minimum absolute atomic E-state index is 0.00328. The van der Waals surface area contributed by atoms with Gasteiger partial charge in [0.05, 0.1) is 11.7 Å². The summed E-state index contributed by atoms with van der Waals surface area (Å²) in [5.41, 5.74) is -0.0820. The van der Waals surface area contributed by atoms with Crippen molar-refractivity contribution < 1.29 is 13.9 Å². The molecule has 0 aliphatic heterocycles. The van der Waals surface area contributed by atoms with Gasteiger partial charge in [-0.1, -0.05) is 19.9 Å². The van der Waals surface area contributed by atoms with E-state index in [1.807, 2.05) is 13.8 Å². The second-order valence-electron chi connectivity index (χ2n) is 5.40. The summed E-state index contributed by atoms with van der Waals surface area (Å²) in [5.74, 6) is -0.912. The van der Waals surface area contributed by atoms with Crippen LogP contribution in [0.15, 0.2) is 22.7 Å². The number of carbonyl (C=O) groups is 1. The third-order valence-electron chi connectivity index (χ3n) is 3.96. The molecule has 5 heteroatoms. The predicted octanol–water partition coefficient (Wildman–Crippen LogP) is 3.13. The van der Waals surface area contributed by atoms with Gasteiger partial charge in [0.25, 0.3) is 5.91 Å². The lowest BCUT2D eigenvalue weighted by atomic mass is 9.64. The van der Waals surface area contributed by atoms with Gasteiger partial charge in [0, 0.05) is 23.0 Å². The first-order chi connectivity index (χ1) is 8.87. The molecule has 0 radical (unpaired) electrons. The van der Waals surface area contributed by atoms with E-state index in [-0.39, 0.29) is 23.1 Å². The van der Waals surface area contributed by atoms with Crippen molar-refractivity contribution >= 4 is 21.8 Å². The summed E-state index contributed by atoms with van der Waals surface area (Å²) >= 11 is 3.21. The van der Waals surface area contributed by atoms with E-state index >= 15 is 0 Å². The molecule has 2 rings (SSSR count). The van der Waals surface area contributed by atoms with Crippen molar-refractivity contribution in [3.63, 3.8) is 0 Å². The van der Waals surface area contributed by atoms with Crippen LogP contribution in [0.2, 0.25) is 0 Å². The molecule has 2 unspecified atom stereocenters. The SMILES string of the molecule is COC1CC(NC(=O)c2c(F)cccc2Br)C1(C)C. The second-order valence-corrected chi connectivity index (χ2v) is 6.26. The van der Waals surface area contributed by atoms with Crippen molar-refractivity contribution in [2.24, 2.45) is 5.41 Å². The van der Waals surface area contributed by atoms with Gasteiger partial charge >= 0.3 is 0 Å². The Morgan fingerprint density at radius 3 is 2.74 bits per heavy atom. The quantitative estimate of drug-likeness (QED) is 0.925. The van der Waals surface area contributed by atoms with Crippen molar-refractivity contribution in [1.29, 1.82) is 0 Å². The summed E-state index contributed by atoms with van der Waals surface area (Å²) in [6.45, 7) is 4.07. The van der Waals surface area contributed by atoms with Crippen LogP contribution in [0, 0.1) is 11.2 Å². The van der Waals surface area contributed by atoms with Crippen LogP contribution in [0.1, 0.15) is 30.6 Å². The van der Waals surface area contributed by atoms with Crippen molar-refractivity contribution in [3.05, 3.63) is 34.1 Å². The van der Waals surface area contributed by atoms with Gasteiger partial charge in [0.1, 0.15) is 5.82 Å². The lowest BCUT2D eigenvalue weighted by molar-refractivity contribution is -0.0942. The van der Waals surface area contributed by atoms with Gasteiger partial charge in [-0.2, -0.15) is 0 Å². The average Bonchev–Trinajstić information content (AvgIpc) is 2.33. The van der Waals surface area contributed by atoms with E-state index in [4.69, 9.17) is 4.74 Å². The Hall–Kier alpha value is -0.940. The number of hydrogen-bond acceptors (Lipinski definition) is 2. The predicted molar refractivity (Wildman–Crippen MR) is 74.5 cm³/mol. The molecule has 0 saturated heterocycles. The maximum Gasteiger partial charge on any atom is 0.255 e. The molecule has 1 aliphatic carbocycles. The molecular formula is C14H17BrFNO2. The van der Waals surface area contributed by atoms with Gasteiger partial charge in [-0.05, 0) is 34.5 Å². The molecule has 1 aromatic carbocycles. The maximum atomic E-state index is 13.7. The van der Waals surface area contributed by atoms with Crippen molar-refractivity contribution in [1.82, 2.24) is 5.32 Å². The highest BCUT2D eigenvalue weighted by Crippen LogP contribution is 2.42. The number of hydrogen-bond donors (Lipinski definition) is 1. The van der Waals surface area contributed by atoms with E-state index in [0.29, 0.717) is 4.47 Å². The normalized spacial score (nSPS) is 24.7. The topological polar surface area (TPSA) is 38.3 Å². The van der Waals surface area contributed by atoms with Crippen LogP contribution < -0.4 is 5.32 Å². The van der Waals surface area contributed by atoms with Gasteiger partial charge in [-0.3, -0.25) is 4.79 Å². The number of benzene rings is 1. The molecule has 1 amide bonds. The molecule has 1 fully saturated rings. The van der Waals surface area contributed by atoms with Crippen molar-refractivity contribution in [3.8, 4) is 0 Å². The summed E-state index contributed by atoms with van der Waals surface area (Å²) in [5, 5.41) is 2.88. The van der Waals surface area contributed by atoms with Crippen LogP contribution in [0.4, 0.5) is 4.39 Å². The summed E-state index contributed by atoms with van der Waals surface area (Å²) in [6.07, 6.45) is 0.878. The highest BCUT2D eigenvalue weighted by molar-refractivity contribution is 9.10. The lowest BCUT2D eigenvalue weighted by Gasteiger charge is -2.51. The largest absolute Gasteiger partial charge is 0.381 e. The fourth-order valence-corrected chi connectivity index (χ4v) is 3.00. The lowest BCUT2D eigenvalue weighted by Crippen LogP contribution is -2.61. The molecule has 1 N–H and O–H groups in total. The summed E-state index contributed by atoms with van der Waals surface area (Å²) in [4.78, 5) is 12.2. The zero-order valence-electron chi connectivity index (χ0n) is 11.2. The fourth-order valence-electron chi connectivity index (χ4n) is 2.48. The highest BCUT2D eigenvalue weighted by Gasteiger charge is 2.49. The first kappa shape index (κ1) is 14.5. The molecular weight excluding hydrogens is 313 g/mol. The minimum Gasteiger partial charge on any atom is -0.381 e. The summed E-state index contributed by atoms with van der Waals surface area (Å²) in [7, 11) is 1.66. The zero-order chi connectivity index (χ0) is 14.2. The van der Waals surface area contributed by atoms with Crippen LogP contribution in [-0.2, 0) is 4.74 Å². The molecule has 0 aromatic heterocycles. The Labute approximate surface area is 120 Å². The van der Waals surface area contributed by atoms with Gasteiger partial charge in [-0.25, -0.2) is 4.39 Å². The van der Waals surface area contributed by atoms with Crippen LogP contribution in [-0.4, -0.2) is 25.2 Å². The number of rotatable bonds is 3. The van der Waals surface area contributed by atoms with E-state index in [0.717, 1.165) is 6.42 Å². The number of methoxy groups -OCH3 is 1. The third-order valence-corrected chi connectivity index (χ3v) is 4.62. The standard InChI is InChI=1S/C14H17BrFNO2/c1-14(2)10(7-11(14)19-3)17-13(18)12-8(15)5-4-6-9(12)16/h4-6,10-11H,7H2,1-3H3,(H,17,18). The Balaban J connectivity index is 2.11. The summed E-state index contributed by atoms with van der Waals surface area (Å²) in [6, 6.07) is 4.49. The minimum atomic E-state index is -0.521. The fraction of sp³-hybridized carbons (Fsp3) is 0.500. The number of amides is 1. The monoisotopic (exact) mass is 329 g/mol. The molecule has 19 heavy (non-hydrogen) atoms. The van der Waals surface area contributed by atoms with Gasteiger partial charge in [0.2, 0.25) is 0 Å². The molecule has 2 atom stereocenters.